The second-order valence-electron chi connectivity index (χ2n) is 4.99. The molecule has 2 fully saturated rings. The second-order valence-corrected chi connectivity index (χ2v) is 4.99. The minimum Gasteiger partial charge on any atom is -0.377 e. The molecule has 1 saturated heterocycles. The summed E-state index contributed by atoms with van der Waals surface area (Å²) in [6, 6.07) is 0.222. The SMILES string of the molecule is CC1COCCN1C(=O)[C@@H]1CCC[C@@H]1CN.Cl. The van der Waals surface area contributed by atoms with E-state index in [-0.39, 0.29) is 24.4 Å². The van der Waals surface area contributed by atoms with Gasteiger partial charge in [0, 0.05) is 12.5 Å². The molecule has 0 aromatic carbocycles. The smallest absolute Gasteiger partial charge is 0.226 e. The number of hydrogen-bond donors (Lipinski definition) is 1. The predicted octanol–water partition coefficient (Wildman–Crippen LogP) is 1.03. The molecule has 2 rings (SSSR count). The summed E-state index contributed by atoms with van der Waals surface area (Å²) in [5, 5.41) is 0. The molecule has 0 aromatic rings. The molecule has 0 spiro atoms. The summed E-state index contributed by atoms with van der Waals surface area (Å²) in [6.07, 6.45) is 3.29. The van der Waals surface area contributed by atoms with Crippen LogP contribution in [0.4, 0.5) is 0 Å². The van der Waals surface area contributed by atoms with Crippen molar-refractivity contribution >= 4 is 18.3 Å². The van der Waals surface area contributed by atoms with Gasteiger partial charge in [-0.2, -0.15) is 0 Å². The number of morpholine rings is 1. The van der Waals surface area contributed by atoms with E-state index in [0.717, 1.165) is 25.8 Å². The van der Waals surface area contributed by atoms with Gasteiger partial charge in [-0.15, -0.1) is 12.4 Å². The number of ether oxygens (including phenoxy) is 1. The van der Waals surface area contributed by atoms with Gasteiger partial charge in [-0.25, -0.2) is 0 Å². The van der Waals surface area contributed by atoms with Crippen LogP contribution in [0.25, 0.3) is 0 Å². The van der Waals surface area contributed by atoms with Crippen LogP contribution in [0.2, 0.25) is 0 Å². The van der Waals surface area contributed by atoms with Gasteiger partial charge in [-0.05, 0) is 32.2 Å². The fourth-order valence-corrected chi connectivity index (χ4v) is 2.91. The van der Waals surface area contributed by atoms with E-state index in [2.05, 4.69) is 6.92 Å². The Bertz CT molecular complexity index is 259. The minimum absolute atomic E-state index is 0. The van der Waals surface area contributed by atoms with Gasteiger partial charge in [-0.1, -0.05) is 6.42 Å². The largest absolute Gasteiger partial charge is 0.377 e. The zero-order chi connectivity index (χ0) is 11.5. The van der Waals surface area contributed by atoms with Crippen LogP contribution in [0.5, 0.6) is 0 Å². The van der Waals surface area contributed by atoms with Gasteiger partial charge in [0.05, 0.1) is 19.3 Å². The lowest BCUT2D eigenvalue weighted by Crippen LogP contribution is -2.50. The number of nitrogens with two attached hydrogens (primary N) is 1. The number of carbonyl (C=O) groups excluding carboxylic acids is 1. The zero-order valence-corrected chi connectivity index (χ0v) is 11.2. The average Bonchev–Trinajstić information content (AvgIpc) is 2.77. The highest BCUT2D eigenvalue weighted by atomic mass is 35.5. The van der Waals surface area contributed by atoms with E-state index in [4.69, 9.17) is 10.5 Å². The second kappa shape index (κ2) is 6.57. The van der Waals surface area contributed by atoms with Crippen molar-refractivity contribution in [1.29, 1.82) is 0 Å². The Balaban J connectivity index is 0.00000144. The van der Waals surface area contributed by atoms with Crippen LogP contribution in [-0.2, 0) is 9.53 Å². The van der Waals surface area contributed by atoms with E-state index in [1.807, 2.05) is 4.90 Å². The summed E-state index contributed by atoms with van der Waals surface area (Å²) in [5.74, 6) is 0.886. The molecule has 1 amide bonds. The molecule has 2 N–H and O–H groups in total. The van der Waals surface area contributed by atoms with Crippen LogP contribution in [-0.4, -0.2) is 43.2 Å². The Morgan fingerprint density at radius 1 is 1.47 bits per heavy atom. The topological polar surface area (TPSA) is 55.6 Å². The molecule has 1 heterocycles. The molecule has 4 nitrogen and oxygen atoms in total. The number of amides is 1. The monoisotopic (exact) mass is 262 g/mol. The Kier molecular flexibility index (Phi) is 5.70. The molecular weight excluding hydrogens is 240 g/mol. The summed E-state index contributed by atoms with van der Waals surface area (Å²) in [5.41, 5.74) is 5.73. The van der Waals surface area contributed by atoms with Crippen LogP contribution in [0, 0.1) is 11.8 Å². The molecule has 2 aliphatic rings. The highest BCUT2D eigenvalue weighted by Gasteiger charge is 2.36. The molecule has 1 aliphatic heterocycles. The van der Waals surface area contributed by atoms with E-state index in [9.17, 15) is 4.79 Å². The lowest BCUT2D eigenvalue weighted by atomic mass is 9.94. The lowest BCUT2D eigenvalue weighted by Gasteiger charge is -2.36. The summed E-state index contributed by atoms with van der Waals surface area (Å²) in [6.45, 7) is 4.80. The van der Waals surface area contributed by atoms with Crippen molar-refractivity contribution in [2.45, 2.75) is 32.2 Å². The number of halogens is 1. The summed E-state index contributed by atoms with van der Waals surface area (Å²) in [7, 11) is 0. The zero-order valence-electron chi connectivity index (χ0n) is 10.4. The van der Waals surface area contributed by atoms with Gasteiger partial charge in [0.2, 0.25) is 5.91 Å². The van der Waals surface area contributed by atoms with E-state index in [1.54, 1.807) is 0 Å². The van der Waals surface area contributed by atoms with Crippen molar-refractivity contribution in [2.75, 3.05) is 26.3 Å². The third-order valence-corrected chi connectivity index (χ3v) is 3.93. The highest BCUT2D eigenvalue weighted by Crippen LogP contribution is 2.33. The number of hydrogen-bond acceptors (Lipinski definition) is 3. The first-order valence-electron chi connectivity index (χ1n) is 6.32. The maximum atomic E-state index is 12.4. The van der Waals surface area contributed by atoms with Gasteiger partial charge in [-0.3, -0.25) is 4.79 Å². The van der Waals surface area contributed by atoms with E-state index in [1.165, 1.54) is 0 Å². The van der Waals surface area contributed by atoms with Crippen molar-refractivity contribution in [1.82, 2.24) is 4.90 Å². The van der Waals surface area contributed by atoms with E-state index < -0.39 is 0 Å². The van der Waals surface area contributed by atoms with Gasteiger partial charge < -0.3 is 15.4 Å². The molecule has 17 heavy (non-hydrogen) atoms. The van der Waals surface area contributed by atoms with Gasteiger partial charge in [0.15, 0.2) is 0 Å². The van der Waals surface area contributed by atoms with Crippen molar-refractivity contribution in [3.05, 3.63) is 0 Å². The highest BCUT2D eigenvalue weighted by molar-refractivity contribution is 5.85. The van der Waals surface area contributed by atoms with Crippen molar-refractivity contribution in [3.8, 4) is 0 Å². The molecule has 3 atom stereocenters. The number of nitrogens with zero attached hydrogens (tertiary/aromatic N) is 1. The lowest BCUT2D eigenvalue weighted by molar-refractivity contribution is -0.144. The first kappa shape index (κ1) is 14.7. The van der Waals surface area contributed by atoms with Crippen molar-refractivity contribution in [3.63, 3.8) is 0 Å². The summed E-state index contributed by atoms with van der Waals surface area (Å²) in [4.78, 5) is 14.4. The summed E-state index contributed by atoms with van der Waals surface area (Å²) >= 11 is 0. The molecule has 0 radical (unpaired) electrons. The molecule has 5 heteroatoms. The quantitative estimate of drug-likeness (QED) is 0.809. The van der Waals surface area contributed by atoms with Crippen molar-refractivity contribution in [2.24, 2.45) is 17.6 Å². The average molecular weight is 263 g/mol. The molecule has 1 aliphatic carbocycles. The fourth-order valence-electron chi connectivity index (χ4n) is 2.91. The predicted molar refractivity (Wildman–Crippen MR) is 69.1 cm³/mol. The van der Waals surface area contributed by atoms with Crippen LogP contribution in [0.3, 0.4) is 0 Å². The third-order valence-electron chi connectivity index (χ3n) is 3.93. The van der Waals surface area contributed by atoms with E-state index in [0.29, 0.717) is 31.6 Å². The van der Waals surface area contributed by atoms with Crippen LogP contribution >= 0.6 is 12.4 Å². The van der Waals surface area contributed by atoms with Crippen LogP contribution in [0.15, 0.2) is 0 Å². The number of carbonyl (C=O) groups is 1. The molecule has 100 valence electrons. The number of rotatable bonds is 2. The Morgan fingerprint density at radius 3 is 2.88 bits per heavy atom. The third kappa shape index (κ3) is 3.12. The van der Waals surface area contributed by atoms with Crippen LogP contribution in [0.1, 0.15) is 26.2 Å². The maximum absolute atomic E-state index is 12.4. The maximum Gasteiger partial charge on any atom is 0.226 e. The molecule has 0 bridgehead atoms. The van der Waals surface area contributed by atoms with Gasteiger partial charge in [0.1, 0.15) is 0 Å². The Morgan fingerprint density at radius 2 is 2.24 bits per heavy atom. The standard InChI is InChI=1S/C12H22N2O2.ClH/c1-9-8-16-6-5-14(9)12(15)11-4-2-3-10(11)7-13;/h9-11H,2-8,13H2,1H3;1H/t9?,10-,11-;/m1./s1. The van der Waals surface area contributed by atoms with Gasteiger partial charge in [0.25, 0.3) is 0 Å². The molecule has 1 saturated carbocycles. The minimum atomic E-state index is 0. The Labute approximate surface area is 109 Å². The normalized spacial score (nSPS) is 33.3. The Hall–Kier alpha value is -0.320. The first-order chi connectivity index (χ1) is 7.74. The molecule has 0 aromatic heterocycles. The fraction of sp³-hybridized carbons (Fsp3) is 0.917. The summed E-state index contributed by atoms with van der Waals surface area (Å²) < 4.78 is 5.36. The van der Waals surface area contributed by atoms with Gasteiger partial charge >= 0.3 is 0 Å². The molecular formula is C12H23ClN2O2. The van der Waals surface area contributed by atoms with Crippen LogP contribution < -0.4 is 5.73 Å². The first-order valence-corrected chi connectivity index (χ1v) is 6.32. The molecule has 1 unspecified atom stereocenters. The van der Waals surface area contributed by atoms with E-state index >= 15 is 0 Å². The van der Waals surface area contributed by atoms with Crippen molar-refractivity contribution < 1.29 is 9.53 Å².